The molecule has 3 aromatic heterocycles. The van der Waals surface area contributed by atoms with Gasteiger partial charge in [0.1, 0.15) is 11.4 Å². The molecule has 1 aliphatic rings. The third-order valence-electron chi connectivity index (χ3n) is 4.81. The van der Waals surface area contributed by atoms with Gasteiger partial charge in [0.15, 0.2) is 5.58 Å². The van der Waals surface area contributed by atoms with Crippen molar-refractivity contribution in [2.75, 3.05) is 12.4 Å². The van der Waals surface area contributed by atoms with E-state index in [2.05, 4.69) is 15.3 Å². The zero-order valence-electron chi connectivity index (χ0n) is 13.7. The van der Waals surface area contributed by atoms with E-state index in [1.165, 1.54) is 18.9 Å². The van der Waals surface area contributed by atoms with Gasteiger partial charge in [0.25, 0.3) is 0 Å². The summed E-state index contributed by atoms with van der Waals surface area (Å²) in [7, 11) is 1.56. The van der Waals surface area contributed by atoms with Crippen LogP contribution in [0.4, 0.5) is 5.82 Å². The first-order valence-corrected chi connectivity index (χ1v) is 8.27. The zero-order chi connectivity index (χ0) is 17.6. The van der Waals surface area contributed by atoms with E-state index >= 15 is 0 Å². The van der Waals surface area contributed by atoms with Crippen LogP contribution in [0.5, 0.6) is 0 Å². The smallest absolute Gasteiger partial charge is 0.339 e. The number of hydrogen-bond donors (Lipinski definition) is 2. The SMILES string of the molecule is CNc1nc2oc3cnc(C4CCCC4)cc3c(=O)c2cc1C(=O)O. The molecule has 1 aliphatic carbocycles. The summed E-state index contributed by atoms with van der Waals surface area (Å²) >= 11 is 0. The van der Waals surface area contributed by atoms with Crippen LogP contribution < -0.4 is 10.7 Å². The number of fused-ring (bicyclic) bond motifs is 2. The van der Waals surface area contributed by atoms with Crippen LogP contribution in [0.15, 0.2) is 27.5 Å². The van der Waals surface area contributed by atoms with E-state index in [9.17, 15) is 14.7 Å². The molecule has 0 aromatic carbocycles. The lowest BCUT2D eigenvalue weighted by Crippen LogP contribution is -2.10. The molecule has 0 atom stereocenters. The largest absolute Gasteiger partial charge is 0.478 e. The molecule has 1 saturated carbocycles. The van der Waals surface area contributed by atoms with Gasteiger partial charge < -0.3 is 14.8 Å². The van der Waals surface area contributed by atoms with Crippen molar-refractivity contribution >= 4 is 33.9 Å². The van der Waals surface area contributed by atoms with Crippen molar-refractivity contribution in [3.8, 4) is 0 Å². The highest BCUT2D eigenvalue weighted by Gasteiger charge is 2.21. The molecule has 7 nitrogen and oxygen atoms in total. The second-order valence-corrected chi connectivity index (χ2v) is 6.31. The second-order valence-electron chi connectivity index (χ2n) is 6.31. The van der Waals surface area contributed by atoms with Crippen molar-refractivity contribution in [3.63, 3.8) is 0 Å². The molecule has 0 unspecified atom stereocenters. The maximum atomic E-state index is 12.9. The number of carboxylic acid groups (broad SMARTS) is 1. The number of nitrogens with one attached hydrogen (secondary N) is 1. The van der Waals surface area contributed by atoms with Gasteiger partial charge in [0.2, 0.25) is 11.1 Å². The molecule has 3 heterocycles. The highest BCUT2D eigenvalue weighted by Crippen LogP contribution is 2.34. The fraction of sp³-hybridized carbons (Fsp3) is 0.333. The topological polar surface area (TPSA) is 105 Å². The Morgan fingerprint density at radius 3 is 2.72 bits per heavy atom. The Labute approximate surface area is 142 Å². The number of nitrogens with zero attached hydrogens (tertiary/aromatic N) is 2. The number of rotatable bonds is 3. The first kappa shape index (κ1) is 15.6. The minimum atomic E-state index is -1.15. The maximum absolute atomic E-state index is 12.9. The quantitative estimate of drug-likeness (QED) is 0.706. The third-order valence-corrected chi connectivity index (χ3v) is 4.81. The minimum Gasteiger partial charge on any atom is -0.478 e. The predicted molar refractivity (Wildman–Crippen MR) is 93.3 cm³/mol. The molecular weight excluding hydrogens is 322 g/mol. The first-order valence-electron chi connectivity index (χ1n) is 8.27. The molecular formula is C18H17N3O4. The first-order chi connectivity index (χ1) is 12.1. The number of aromatic carboxylic acids is 1. The van der Waals surface area contributed by atoms with Crippen LogP contribution in [0.25, 0.3) is 22.1 Å². The van der Waals surface area contributed by atoms with Crippen molar-refractivity contribution < 1.29 is 14.3 Å². The number of hydrogen-bond acceptors (Lipinski definition) is 6. The van der Waals surface area contributed by atoms with Crippen molar-refractivity contribution in [2.45, 2.75) is 31.6 Å². The van der Waals surface area contributed by atoms with Gasteiger partial charge in [-0.15, -0.1) is 0 Å². The molecule has 2 N–H and O–H groups in total. The van der Waals surface area contributed by atoms with E-state index < -0.39 is 5.97 Å². The fourth-order valence-corrected chi connectivity index (χ4v) is 3.50. The fourth-order valence-electron chi connectivity index (χ4n) is 3.50. The standard InChI is InChI=1S/C18H17N3O4/c1-19-16-12(18(23)24)6-11-15(22)10-7-13(9-4-2-3-5-9)20-8-14(10)25-17(11)21-16/h6-9H,2-5H2,1H3,(H,19,21)(H,23,24). The van der Waals surface area contributed by atoms with Gasteiger partial charge in [-0.25, -0.2) is 4.79 Å². The molecule has 0 saturated heterocycles. The zero-order valence-corrected chi connectivity index (χ0v) is 13.7. The van der Waals surface area contributed by atoms with Gasteiger partial charge in [-0.05, 0) is 25.0 Å². The summed E-state index contributed by atoms with van der Waals surface area (Å²) in [6.45, 7) is 0. The molecule has 3 aromatic rings. The summed E-state index contributed by atoms with van der Waals surface area (Å²) in [5, 5.41) is 12.6. The number of pyridine rings is 2. The monoisotopic (exact) mass is 339 g/mol. The van der Waals surface area contributed by atoms with Crippen molar-refractivity contribution in [1.82, 2.24) is 9.97 Å². The van der Waals surface area contributed by atoms with Crippen molar-refractivity contribution in [3.05, 3.63) is 39.8 Å². The Balaban J connectivity index is 1.98. The van der Waals surface area contributed by atoms with Crippen LogP contribution in [-0.2, 0) is 0 Å². The molecule has 4 rings (SSSR count). The molecule has 0 spiro atoms. The molecule has 128 valence electrons. The van der Waals surface area contributed by atoms with Gasteiger partial charge >= 0.3 is 5.97 Å². The molecule has 25 heavy (non-hydrogen) atoms. The van der Waals surface area contributed by atoms with Gasteiger partial charge in [-0.1, -0.05) is 12.8 Å². The van der Waals surface area contributed by atoms with Crippen molar-refractivity contribution in [1.29, 1.82) is 0 Å². The maximum Gasteiger partial charge on any atom is 0.339 e. The van der Waals surface area contributed by atoms with Crippen LogP contribution in [0.2, 0.25) is 0 Å². The average molecular weight is 339 g/mol. The van der Waals surface area contributed by atoms with Gasteiger partial charge in [-0.2, -0.15) is 4.98 Å². The van der Waals surface area contributed by atoms with E-state index in [0.717, 1.165) is 18.5 Å². The Morgan fingerprint density at radius 2 is 2.04 bits per heavy atom. The molecule has 1 fully saturated rings. The molecule has 0 bridgehead atoms. The van der Waals surface area contributed by atoms with E-state index in [1.807, 2.05) is 0 Å². The second kappa shape index (κ2) is 5.84. The minimum absolute atomic E-state index is 0.0632. The van der Waals surface area contributed by atoms with E-state index in [1.54, 1.807) is 19.3 Å². The van der Waals surface area contributed by atoms with Crippen LogP contribution in [-0.4, -0.2) is 28.1 Å². The van der Waals surface area contributed by atoms with Crippen LogP contribution >= 0.6 is 0 Å². The Morgan fingerprint density at radius 1 is 1.28 bits per heavy atom. The van der Waals surface area contributed by atoms with Crippen molar-refractivity contribution in [2.24, 2.45) is 0 Å². The summed E-state index contributed by atoms with van der Waals surface area (Å²) in [4.78, 5) is 32.9. The summed E-state index contributed by atoms with van der Waals surface area (Å²) in [6.07, 6.45) is 6.07. The number of carboxylic acids is 1. The lowest BCUT2D eigenvalue weighted by molar-refractivity contribution is 0.0698. The summed E-state index contributed by atoms with van der Waals surface area (Å²) in [5.41, 5.74) is 1.01. The number of carbonyl (C=O) groups is 1. The number of anilines is 1. The van der Waals surface area contributed by atoms with Gasteiger partial charge in [-0.3, -0.25) is 9.78 Å². The Hall–Kier alpha value is -2.96. The lowest BCUT2D eigenvalue weighted by Gasteiger charge is -2.10. The molecule has 0 amide bonds. The normalized spacial score (nSPS) is 15.1. The van der Waals surface area contributed by atoms with E-state index in [-0.39, 0.29) is 27.9 Å². The summed E-state index contributed by atoms with van der Waals surface area (Å²) in [6, 6.07) is 3.10. The lowest BCUT2D eigenvalue weighted by atomic mass is 10.0. The van der Waals surface area contributed by atoms with Gasteiger partial charge in [0, 0.05) is 18.7 Å². The molecule has 7 heteroatoms. The molecule has 0 aliphatic heterocycles. The summed E-state index contributed by atoms with van der Waals surface area (Å²) < 4.78 is 5.72. The van der Waals surface area contributed by atoms with Gasteiger partial charge in [0.05, 0.1) is 17.0 Å². The Kier molecular flexibility index (Phi) is 3.63. The molecule has 0 radical (unpaired) electrons. The van der Waals surface area contributed by atoms with Crippen LogP contribution in [0.1, 0.15) is 47.7 Å². The average Bonchev–Trinajstić information content (AvgIpc) is 3.15. The highest BCUT2D eigenvalue weighted by atomic mass is 16.4. The third kappa shape index (κ3) is 2.52. The van der Waals surface area contributed by atoms with Crippen LogP contribution in [0.3, 0.4) is 0 Å². The van der Waals surface area contributed by atoms with E-state index in [0.29, 0.717) is 16.9 Å². The van der Waals surface area contributed by atoms with E-state index in [4.69, 9.17) is 4.42 Å². The highest BCUT2D eigenvalue weighted by molar-refractivity contribution is 5.98. The Bertz CT molecular complexity index is 1050. The van der Waals surface area contributed by atoms with Crippen LogP contribution in [0, 0.1) is 0 Å². The number of aromatic nitrogens is 2. The predicted octanol–water partition coefficient (Wildman–Crippen LogP) is 3.13. The summed E-state index contributed by atoms with van der Waals surface area (Å²) in [5.74, 6) is -0.628.